The number of likely N-dealkylation sites (tertiary alicyclic amines) is 1. The average Bonchev–Trinajstić information content (AvgIpc) is 3.04. The number of benzene rings is 1. The van der Waals surface area contributed by atoms with Crippen LogP contribution in [0.1, 0.15) is 29.6 Å². The van der Waals surface area contributed by atoms with Crippen molar-refractivity contribution >= 4 is 24.1 Å². The largest absolute Gasteiger partial charge is 0.493 e. The van der Waals surface area contributed by atoms with Crippen molar-refractivity contribution in [3.8, 4) is 11.5 Å². The smallest absolute Gasteiger partial charge is 0.340 e. The van der Waals surface area contributed by atoms with Crippen LogP contribution in [-0.2, 0) is 4.74 Å². The molecule has 0 radical (unpaired) electrons. The summed E-state index contributed by atoms with van der Waals surface area (Å²) in [6, 6.07) is 3.16. The molecule has 7 heteroatoms. The maximum Gasteiger partial charge on any atom is 0.340 e. The fourth-order valence-electron chi connectivity index (χ4n) is 2.61. The number of hydrogen-bond acceptors (Lipinski definition) is 6. The molecule has 1 heterocycles. The third kappa shape index (κ3) is 5.18. The summed E-state index contributed by atoms with van der Waals surface area (Å²) < 4.78 is 15.7. The second-order valence-electron chi connectivity index (χ2n) is 5.33. The van der Waals surface area contributed by atoms with Crippen molar-refractivity contribution in [1.29, 1.82) is 0 Å². The highest BCUT2D eigenvalue weighted by Crippen LogP contribution is 2.32. The number of esters is 1. The number of hydrogen-bond donors (Lipinski definition) is 1. The Morgan fingerprint density at radius 2 is 1.91 bits per heavy atom. The van der Waals surface area contributed by atoms with E-state index in [-0.39, 0.29) is 18.0 Å². The topological polar surface area (TPSA) is 74.0 Å². The van der Waals surface area contributed by atoms with E-state index in [1.807, 2.05) is 0 Å². The Kier molecular flexibility index (Phi) is 7.98. The molecule has 2 rings (SSSR count). The zero-order valence-electron chi connectivity index (χ0n) is 13.7. The van der Waals surface area contributed by atoms with E-state index in [0.717, 1.165) is 13.0 Å². The second kappa shape index (κ2) is 9.47. The molecule has 130 valence electrons. The average molecular weight is 345 g/mol. The number of halogens is 1. The quantitative estimate of drug-likeness (QED) is 0.465. The molecule has 1 aliphatic heterocycles. The summed E-state index contributed by atoms with van der Waals surface area (Å²) >= 11 is 0. The lowest BCUT2D eigenvalue weighted by Crippen LogP contribution is -2.22. The molecule has 0 saturated carbocycles. The monoisotopic (exact) mass is 344 g/mol. The molecule has 0 amide bonds. The molecule has 1 aliphatic rings. The molecule has 1 fully saturated rings. The van der Waals surface area contributed by atoms with E-state index in [2.05, 4.69) is 4.90 Å². The molecule has 6 nitrogen and oxygen atoms in total. The van der Waals surface area contributed by atoms with E-state index >= 15 is 0 Å². The maximum absolute atomic E-state index is 11.6. The van der Waals surface area contributed by atoms with Crippen molar-refractivity contribution in [2.75, 3.05) is 46.2 Å². The van der Waals surface area contributed by atoms with E-state index < -0.39 is 5.97 Å². The Labute approximate surface area is 143 Å². The molecule has 1 aromatic carbocycles. The van der Waals surface area contributed by atoms with Gasteiger partial charge in [-0.3, -0.25) is 0 Å². The fraction of sp³-hybridized carbons (Fsp3) is 0.562. The minimum Gasteiger partial charge on any atom is -0.493 e. The van der Waals surface area contributed by atoms with E-state index in [1.165, 1.54) is 40.2 Å². The van der Waals surface area contributed by atoms with Crippen LogP contribution in [0.5, 0.6) is 11.5 Å². The van der Waals surface area contributed by atoms with Crippen LogP contribution in [0.25, 0.3) is 0 Å². The number of rotatable bonds is 7. The highest BCUT2D eigenvalue weighted by atomic mass is 35.5. The predicted molar refractivity (Wildman–Crippen MR) is 91.8 cm³/mol. The zero-order valence-corrected chi connectivity index (χ0v) is 14.5. The highest BCUT2D eigenvalue weighted by molar-refractivity contribution is 5.96. The van der Waals surface area contributed by atoms with Crippen LogP contribution >= 0.6 is 12.4 Å². The van der Waals surface area contributed by atoms with Crippen LogP contribution in [-0.4, -0.2) is 51.3 Å². The first-order valence-corrected chi connectivity index (χ1v) is 7.56. The van der Waals surface area contributed by atoms with Gasteiger partial charge >= 0.3 is 5.97 Å². The van der Waals surface area contributed by atoms with Gasteiger partial charge in [0.2, 0.25) is 0 Å². The number of methoxy groups -OCH3 is 2. The van der Waals surface area contributed by atoms with Gasteiger partial charge in [-0.05, 0) is 32.4 Å². The van der Waals surface area contributed by atoms with Gasteiger partial charge in [0.25, 0.3) is 0 Å². The van der Waals surface area contributed by atoms with Crippen LogP contribution in [0.4, 0.5) is 5.69 Å². The molecular formula is C16H25ClN2O4. The first-order valence-electron chi connectivity index (χ1n) is 7.56. The summed E-state index contributed by atoms with van der Waals surface area (Å²) in [5, 5.41) is 0. The van der Waals surface area contributed by atoms with Gasteiger partial charge in [0, 0.05) is 18.7 Å². The van der Waals surface area contributed by atoms with Gasteiger partial charge in [0.1, 0.15) is 0 Å². The molecule has 23 heavy (non-hydrogen) atoms. The summed E-state index contributed by atoms with van der Waals surface area (Å²) in [6.45, 7) is 4.00. The number of ether oxygens (including phenoxy) is 3. The summed E-state index contributed by atoms with van der Waals surface area (Å²) in [4.78, 5) is 14.1. The summed E-state index contributed by atoms with van der Waals surface area (Å²) in [5.74, 6) is 0.543. The Morgan fingerprint density at radius 1 is 1.22 bits per heavy atom. The Hall–Kier alpha value is -1.66. The van der Waals surface area contributed by atoms with E-state index in [9.17, 15) is 4.79 Å². The number of carbonyl (C=O) groups is 1. The predicted octanol–water partition coefficient (Wildman–Crippen LogP) is 2.35. The number of anilines is 1. The van der Waals surface area contributed by atoms with Gasteiger partial charge in [-0.25, -0.2) is 4.79 Å². The molecular weight excluding hydrogens is 320 g/mol. The van der Waals surface area contributed by atoms with Crippen molar-refractivity contribution in [1.82, 2.24) is 4.90 Å². The molecule has 1 saturated heterocycles. The van der Waals surface area contributed by atoms with Crippen molar-refractivity contribution in [3.63, 3.8) is 0 Å². The third-order valence-corrected chi connectivity index (χ3v) is 3.82. The van der Waals surface area contributed by atoms with Crippen LogP contribution in [0.15, 0.2) is 12.1 Å². The number of nitrogen functional groups attached to an aromatic ring is 1. The van der Waals surface area contributed by atoms with Crippen molar-refractivity contribution in [2.45, 2.75) is 19.3 Å². The lowest BCUT2D eigenvalue weighted by atomic mass is 10.1. The molecule has 0 aromatic heterocycles. The second-order valence-corrected chi connectivity index (χ2v) is 5.33. The van der Waals surface area contributed by atoms with Gasteiger partial charge in [0.15, 0.2) is 11.5 Å². The normalized spacial score (nSPS) is 14.2. The molecule has 2 N–H and O–H groups in total. The number of carbonyl (C=O) groups excluding carboxylic acids is 1. The molecule has 1 aromatic rings. The van der Waals surface area contributed by atoms with Gasteiger partial charge in [-0.1, -0.05) is 0 Å². The number of nitrogens with two attached hydrogens (primary N) is 1. The van der Waals surface area contributed by atoms with E-state index in [1.54, 1.807) is 12.1 Å². The molecule has 0 atom stereocenters. The number of nitrogens with zero attached hydrogens (tertiary/aromatic N) is 1. The first kappa shape index (κ1) is 19.4. The summed E-state index contributed by atoms with van der Waals surface area (Å²) in [6.07, 6.45) is 3.53. The van der Waals surface area contributed by atoms with Gasteiger partial charge in [0.05, 0.1) is 32.1 Å². The van der Waals surface area contributed by atoms with Crippen molar-refractivity contribution in [3.05, 3.63) is 17.7 Å². The van der Waals surface area contributed by atoms with Gasteiger partial charge in [-0.2, -0.15) is 0 Å². The first-order chi connectivity index (χ1) is 10.7. The Bertz CT molecular complexity index is 519. The zero-order chi connectivity index (χ0) is 15.9. The Balaban J connectivity index is 0.00000264. The minimum absolute atomic E-state index is 0. The lowest BCUT2D eigenvalue weighted by molar-refractivity contribution is 0.0601. The molecule has 0 spiro atoms. The standard InChI is InChI=1S/C16H24N2O4.ClH/c1-20-14-10-12(16(19)21-2)13(17)11-15(14)22-9-5-8-18-6-3-4-7-18;/h10-11H,3-9,17H2,1-2H3;1H. The summed E-state index contributed by atoms with van der Waals surface area (Å²) in [7, 11) is 2.85. The van der Waals surface area contributed by atoms with Crippen molar-refractivity contribution < 1.29 is 19.0 Å². The lowest BCUT2D eigenvalue weighted by Gasteiger charge is -2.16. The highest BCUT2D eigenvalue weighted by Gasteiger charge is 2.16. The van der Waals surface area contributed by atoms with Crippen LogP contribution < -0.4 is 15.2 Å². The molecule has 0 bridgehead atoms. The van der Waals surface area contributed by atoms with E-state index in [0.29, 0.717) is 23.8 Å². The van der Waals surface area contributed by atoms with Crippen LogP contribution in [0, 0.1) is 0 Å². The van der Waals surface area contributed by atoms with Crippen LogP contribution in [0.3, 0.4) is 0 Å². The maximum atomic E-state index is 11.6. The fourth-order valence-corrected chi connectivity index (χ4v) is 2.61. The minimum atomic E-state index is -0.489. The molecule has 0 unspecified atom stereocenters. The third-order valence-electron chi connectivity index (χ3n) is 3.82. The van der Waals surface area contributed by atoms with Crippen molar-refractivity contribution in [2.24, 2.45) is 0 Å². The van der Waals surface area contributed by atoms with Gasteiger partial charge < -0.3 is 24.8 Å². The SMILES string of the molecule is COC(=O)c1cc(OC)c(OCCCN2CCCC2)cc1N.Cl. The summed E-state index contributed by atoms with van der Waals surface area (Å²) in [5.41, 5.74) is 6.48. The Morgan fingerprint density at radius 3 is 2.52 bits per heavy atom. The van der Waals surface area contributed by atoms with Gasteiger partial charge in [-0.15, -0.1) is 12.4 Å². The molecule has 0 aliphatic carbocycles. The van der Waals surface area contributed by atoms with Crippen LogP contribution in [0.2, 0.25) is 0 Å². The van der Waals surface area contributed by atoms with E-state index in [4.69, 9.17) is 19.9 Å².